The quantitative estimate of drug-likeness (QED) is 0.721. The second kappa shape index (κ2) is 8.09. The highest BCUT2D eigenvalue weighted by Crippen LogP contribution is 2.26. The summed E-state index contributed by atoms with van der Waals surface area (Å²) in [5, 5.41) is 3.01. The van der Waals surface area contributed by atoms with Gasteiger partial charge in [-0.2, -0.15) is 0 Å². The molecule has 28 heavy (non-hydrogen) atoms. The van der Waals surface area contributed by atoms with E-state index >= 15 is 0 Å². The molecule has 1 heterocycles. The molecule has 0 spiro atoms. The molecular weight excluding hydrogens is 348 g/mol. The van der Waals surface area contributed by atoms with E-state index in [0.29, 0.717) is 25.1 Å². The van der Waals surface area contributed by atoms with E-state index in [4.69, 9.17) is 0 Å². The first kappa shape index (κ1) is 18.0. The van der Waals surface area contributed by atoms with E-state index in [2.05, 4.69) is 5.32 Å². The number of hydrogen-bond acceptors (Lipinski definition) is 2. The summed E-state index contributed by atoms with van der Waals surface area (Å²) in [5.74, 6) is -0.208. The van der Waals surface area contributed by atoms with Crippen molar-refractivity contribution >= 4 is 11.8 Å². The Hall–Kier alpha value is -3.40. The Morgan fingerprint density at radius 3 is 2.14 bits per heavy atom. The number of rotatable bonds is 6. The minimum atomic E-state index is -0.550. The van der Waals surface area contributed by atoms with Gasteiger partial charge in [-0.15, -0.1) is 0 Å². The first-order valence-electron chi connectivity index (χ1n) is 9.47. The van der Waals surface area contributed by atoms with Crippen molar-refractivity contribution in [3.63, 3.8) is 0 Å². The van der Waals surface area contributed by atoms with Gasteiger partial charge in [0.25, 0.3) is 5.91 Å². The molecule has 4 nitrogen and oxygen atoms in total. The van der Waals surface area contributed by atoms with Crippen LogP contribution in [-0.4, -0.2) is 22.8 Å². The molecule has 3 aromatic carbocycles. The fourth-order valence-corrected chi connectivity index (χ4v) is 3.61. The zero-order valence-electron chi connectivity index (χ0n) is 15.5. The fourth-order valence-electron chi connectivity index (χ4n) is 3.61. The van der Waals surface area contributed by atoms with E-state index in [1.165, 1.54) is 0 Å². The summed E-state index contributed by atoms with van der Waals surface area (Å²) in [7, 11) is 0. The van der Waals surface area contributed by atoms with Crippen molar-refractivity contribution in [1.82, 2.24) is 10.2 Å². The molecular formula is C24H22N2O2. The number of hydrogen-bond donors (Lipinski definition) is 1. The molecule has 4 rings (SSSR count). The highest BCUT2D eigenvalue weighted by molar-refractivity contribution is 6.01. The zero-order chi connectivity index (χ0) is 19.3. The Kier molecular flexibility index (Phi) is 5.20. The molecule has 0 saturated heterocycles. The Morgan fingerprint density at radius 1 is 0.857 bits per heavy atom. The van der Waals surface area contributed by atoms with Gasteiger partial charge in [0.15, 0.2) is 0 Å². The van der Waals surface area contributed by atoms with Crippen molar-refractivity contribution in [3.05, 3.63) is 107 Å². The normalized spacial score (nSPS) is 13.9. The third kappa shape index (κ3) is 3.81. The van der Waals surface area contributed by atoms with Crippen molar-refractivity contribution in [1.29, 1.82) is 0 Å². The summed E-state index contributed by atoms with van der Waals surface area (Å²) in [6, 6.07) is 26.7. The predicted molar refractivity (Wildman–Crippen MR) is 109 cm³/mol. The average molecular weight is 370 g/mol. The minimum absolute atomic E-state index is 0.0774. The highest BCUT2D eigenvalue weighted by Gasteiger charge is 2.36. The lowest BCUT2D eigenvalue weighted by Gasteiger charge is -2.27. The van der Waals surface area contributed by atoms with Gasteiger partial charge in [0, 0.05) is 25.1 Å². The number of carbonyl (C=O) groups is 2. The number of carbonyl (C=O) groups excluding carboxylic acids is 2. The van der Waals surface area contributed by atoms with E-state index in [1.54, 1.807) is 4.90 Å². The summed E-state index contributed by atoms with van der Waals surface area (Å²) < 4.78 is 0. The van der Waals surface area contributed by atoms with E-state index in [9.17, 15) is 9.59 Å². The van der Waals surface area contributed by atoms with Crippen LogP contribution in [0.15, 0.2) is 84.9 Å². The van der Waals surface area contributed by atoms with E-state index in [0.717, 1.165) is 16.7 Å². The fraction of sp³-hybridized carbons (Fsp3) is 0.167. The summed E-state index contributed by atoms with van der Waals surface area (Å²) in [4.78, 5) is 27.7. The smallest absolute Gasteiger partial charge is 0.255 e. The molecule has 0 bridgehead atoms. The summed E-state index contributed by atoms with van der Waals surface area (Å²) in [6.07, 6.45) is 0.487. The Labute approximate surface area is 164 Å². The van der Waals surface area contributed by atoms with Gasteiger partial charge in [0.05, 0.1) is 0 Å². The van der Waals surface area contributed by atoms with Crippen LogP contribution in [0.25, 0.3) is 0 Å². The molecule has 0 aromatic heterocycles. The average Bonchev–Trinajstić information content (AvgIpc) is 3.08. The molecule has 3 aromatic rings. The highest BCUT2D eigenvalue weighted by atomic mass is 16.2. The third-order valence-electron chi connectivity index (χ3n) is 5.11. The number of amides is 2. The van der Waals surface area contributed by atoms with Crippen molar-refractivity contribution in [2.75, 3.05) is 0 Å². The van der Waals surface area contributed by atoms with Gasteiger partial charge in [-0.05, 0) is 22.8 Å². The predicted octanol–water partition coefficient (Wildman–Crippen LogP) is 3.57. The van der Waals surface area contributed by atoms with Gasteiger partial charge in [0.2, 0.25) is 5.91 Å². The van der Waals surface area contributed by atoms with Gasteiger partial charge in [-0.25, -0.2) is 0 Å². The van der Waals surface area contributed by atoms with Crippen LogP contribution in [0, 0.1) is 0 Å². The van der Waals surface area contributed by atoms with E-state index < -0.39 is 6.04 Å². The number of fused-ring (bicyclic) bond motifs is 1. The van der Waals surface area contributed by atoms with Crippen molar-refractivity contribution in [3.8, 4) is 0 Å². The standard InChI is InChI=1S/C24H22N2O2/c27-23(25-16-19-11-5-2-6-12-19)22(15-18-9-3-1-4-10-18)26-17-20-13-7-8-14-21(20)24(26)28/h1-14,22H,15-17H2,(H,25,27)/t22-/m1/s1. The van der Waals surface area contributed by atoms with Crippen LogP contribution >= 0.6 is 0 Å². The van der Waals surface area contributed by atoms with Crippen LogP contribution in [0.2, 0.25) is 0 Å². The summed E-state index contributed by atoms with van der Waals surface area (Å²) >= 11 is 0. The maximum absolute atomic E-state index is 13.1. The molecule has 4 heteroatoms. The largest absolute Gasteiger partial charge is 0.350 e. The summed E-state index contributed by atoms with van der Waals surface area (Å²) in [6.45, 7) is 0.908. The van der Waals surface area contributed by atoms with Crippen LogP contribution in [0.1, 0.15) is 27.0 Å². The van der Waals surface area contributed by atoms with Crippen LogP contribution in [0.3, 0.4) is 0 Å². The molecule has 0 unspecified atom stereocenters. The molecule has 1 N–H and O–H groups in total. The van der Waals surface area contributed by atoms with Crippen molar-refractivity contribution in [2.24, 2.45) is 0 Å². The third-order valence-corrected chi connectivity index (χ3v) is 5.11. The lowest BCUT2D eigenvalue weighted by Crippen LogP contribution is -2.48. The molecule has 0 radical (unpaired) electrons. The Bertz CT molecular complexity index is 970. The molecule has 0 saturated carbocycles. The van der Waals surface area contributed by atoms with Crippen molar-refractivity contribution in [2.45, 2.75) is 25.6 Å². The number of nitrogens with one attached hydrogen (secondary N) is 1. The van der Waals surface area contributed by atoms with Gasteiger partial charge >= 0.3 is 0 Å². The number of nitrogens with zero attached hydrogens (tertiary/aromatic N) is 1. The second-order valence-corrected chi connectivity index (χ2v) is 7.00. The maximum atomic E-state index is 13.1. The van der Waals surface area contributed by atoms with Crippen LogP contribution in [0.4, 0.5) is 0 Å². The first-order chi connectivity index (χ1) is 13.7. The lowest BCUT2D eigenvalue weighted by molar-refractivity contribution is -0.125. The molecule has 140 valence electrons. The topological polar surface area (TPSA) is 49.4 Å². The van der Waals surface area contributed by atoms with Crippen molar-refractivity contribution < 1.29 is 9.59 Å². The number of benzene rings is 3. The molecule has 0 fully saturated rings. The van der Waals surface area contributed by atoms with Gasteiger partial charge in [-0.3, -0.25) is 9.59 Å². The van der Waals surface area contributed by atoms with Crippen LogP contribution in [0.5, 0.6) is 0 Å². The van der Waals surface area contributed by atoms with Gasteiger partial charge < -0.3 is 10.2 Å². The Morgan fingerprint density at radius 2 is 1.46 bits per heavy atom. The van der Waals surface area contributed by atoms with Gasteiger partial charge in [-0.1, -0.05) is 78.9 Å². The maximum Gasteiger partial charge on any atom is 0.255 e. The second-order valence-electron chi connectivity index (χ2n) is 7.00. The SMILES string of the molecule is O=C(NCc1ccccc1)[C@@H](Cc1ccccc1)N1Cc2ccccc2C1=O. The summed E-state index contributed by atoms with van der Waals surface area (Å²) in [5.41, 5.74) is 3.73. The Balaban J connectivity index is 1.55. The molecule has 1 atom stereocenters. The monoisotopic (exact) mass is 370 g/mol. The molecule has 0 aliphatic carbocycles. The van der Waals surface area contributed by atoms with Crippen LogP contribution in [-0.2, 0) is 24.3 Å². The molecule has 2 amide bonds. The first-order valence-corrected chi connectivity index (χ1v) is 9.47. The van der Waals surface area contributed by atoms with E-state index in [1.807, 2.05) is 84.9 Å². The van der Waals surface area contributed by atoms with Gasteiger partial charge in [0.1, 0.15) is 6.04 Å². The molecule has 1 aliphatic heterocycles. The van der Waals surface area contributed by atoms with Crippen LogP contribution < -0.4 is 5.32 Å². The minimum Gasteiger partial charge on any atom is -0.350 e. The zero-order valence-corrected chi connectivity index (χ0v) is 15.5. The molecule has 1 aliphatic rings. The lowest BCUT2D eigenvalue weighted by atomic mass is 10.0. The van der Waals surface area contributed by atoms with E-state index in [-0.39, 0.29) is 11.8 Å².